The van der Waals surface area contributed by atoms with Crippen LogP contribution in [0.4, 0.5) is 8.78 Å². The number of hydrogen-bond acceptors (Lipinski definition) is 5. The Balaban J connectivity index is 1.40. The lowest BCUT2D eigenvalue weighted by atomic mass is 9.99. The van der Waals surface area contributed by atoms with Crippen molar-refractivity contribution in [1.82, 2.24) is 25.1 Å². The Hall–Kier alpha value is -3.49. The van der Waals surface area contributed by atoms with Gasteiger partial charge in [0, 0.05) is 47.6 Å². The van der Waals surface area contributed by atoms with Crippen molar-refractivity contribution in [3.05, 3.63) is 82.4 Å². The highest BCUT2D eigenvalue weighted by Gasteiger charge is 2.22. The Morgan fingerprint density at radius 2 is 1.91 bits per heavy atom. The van der Waals surface area contributed by atoms with Gasteiger partial charge in [-0.15, -0.1) is 0 Å². The maximum absolute atomic E-state index is 14.5. The first kappa shape index (κ1) is 20.1. The normalized spacial score (nSPS) is 15.5. The van der Waals surface area contributed by atoms with Crippen LogP contribution in [0.15, 0.2) is 53.8 Å². The molecule has 33 heavy (non-hydrogen) atoms. The molecule has 2 aliphatic rings. The van der Waals surface area contributed by atoms with Gasteiger partial charge in [-0.3, -0.25) is 14.7 Å². The predicted octanol–water partition coefficient (Wildman–Crippen LogP) is 4.41. The van der Waals surface area contributed by atoms with E-state index in [1.54, 1.807) is 0 Å². The van der Waals surface area contributed by atoms with E-state index < -0.39 is 11.6 Å². The first-order chi connectivity index (χ1) is 16.1. The SMILES string of the molecule is Fc1cc(F)c(C2=NCC=C2c2ccc3ncc(-c4cnn5c4CNCC5)cc3n2)cc1Cl. The van der Waals surface area contributed by atoms with Gasteiger partial charge in [0.2, 0.25) is 0 Å². The molecule has 0 unspecified atom stereocenters. The molecule has 0 saturated heterocycles. The quantitative estimate of drug-likeness (QED) is 0.458. The van der Waals surface area contributed by atoms with E-state index in [2.05, 4.69) is 20.4 Å². The minimum atomic E-state index is -0.804. The molecule has 0 radical (unpaired) electrons. The van der Waals surface area contributed by atoms with Crippen LogP contribution in [0.3, 0.4) is 0 Å². The van der Waals surface area contributed by atoms with Crippen molar-refractivity contribution in [1.29, 1.82) is 0 Å². The highest BCUT2D eigenvalue weighted by molar-refractivity contribution is 6.35. The zero-order valence-electron chi connectivity index (χ0n) is 17.3. The molecule has 0 bridgehead atoms. The van der Waals surface area contributed by atoms with Gasteiger partial charge in [0.1, 0.15) is 11.6 Å². The van der Waals surface area contributed by atoms with Crippen LogP contribution < -0.4 is 5.32 Å². The molecule has 0 fully saturated rings. The van der Waals surface area contributed by atoms with Gasteiger partial charge in [0.25, 0.3) is 0 Å². The number of hydrogen-bond donors (Lipinski definition) is 1. The van der Waals surface area contributed by atoms with Crippen LogP contribution in [0.25, 0.3) is 27.7 Å². The van der Waals surface area contributed by atoms with Crippen LogP contribution in [0, 0.1) is 11.6 Å². The molecule has 6 nitrogen and oxygen atoms in total. The van der Waals surface area contributed by atoms with Gasteiger partial charge >= 0.3 is 0 Å². The number of allylic oxidation sites excluding steroid dienone is 1. The maximum Gasteiger partial charge on any atom is 0.144 e. The summed E-state index contributed by atoms with van der Waals surface area (Å²) in [5, 5.41) is 7.71. The van der Waals surface area contributed by atoms with Gasteiger partial charge in [-0.05, 0) is 24.3 Å². The summed E-state index contributed by atoms with van der Waals surface area (Å²) >= 11 is 5.90. The fraction of sp³-hybridized carbons (Fsp3) is 0.167. The number of aliphatic imine (C=N–C) groups is 1. The van der Waals surface area contributed by atoms with Gasteiger partial charge in [-0.2, -0.15) is 5.10 Å². The van der Waals surface area contributed by atoms with Crippen LogP contribution in [0.5, 0.6) is 0 Å². The summed E-state index contributed by atoms with van der Waals surface area (Å²) in [7, 11) is 0. The third kappa shape index (κ3) is 3.42. The first-order valence-electron chi connectivity index (χ1n) is 10.5. The second kappa shape index (κ2) is 7.83. The predicted molar refractivity (Wildman–Crippen MR) is 123 cm³/mol. The summed E-state index contributed by atoms with van der Waals surface area (Å²) < 4.78 is 30.2. The Morgan fingerprint density at radius 3 is 2.82 bits per heavy atom. The van der Waals surface area contributed by atoms with Crippen LogP contribution >= 0.6 is 11.6 Å². The van der Waals surface area contributed by atoms with E-state index in [1.165, 1.54) is 6.07 Å². The molecule has 9 heteroatoms. The van der Waals surface area contributed by atoms with Gasteiger partial charge in [0.05, 0.1) is 52.4 Å². The molecule has 2 aliphatic heterocycles. The Kier molecular flexibility index (Phi) is 4.78. The van der Waals surface area contributed by atoms with Gasteiger partial charge in [-0.25, -0.2) is 13.8 Å². The van der Waals surface area contributed by atoms with Crippen molar-refractivity contribution in [3.8, 4) is 11.1 Å². The molecule has 0 aliphatic carbocycles. The molecule has 0 saturated carbocycles. The lowest BCUT2D eigenvalue weighted by molar-refractivity contribution is 0.476. The summed E-state index contributed by atoms with van der Waals surface area (Å²) in [4.78, 5) is 13.8. The molecule has 0 atom stereocenters. The minimum Gasteiger partial charge on any atom is -0.309 e. The fourth-order valence-corrected chi connectivity index (χ4v) is 4.46. The summed E-state index contributed by atoms with van der Waals surface area (Å²) in [5.41, 5.74) is 6.40. The van der Waals surface area contributed by atoms with E-state index in [0.29, 0.717) is 29.0 Å². The van der Waals surface area contributed by atoms with E-state index in [0.717, 1.165) is 48.0 Å². The molecule has 1 aromatic carbocycles. The number of rotatable bonds is 3. The topological polar surface area (TPSA) is 68.0 Å². The zero-order chi connectivity index (χ0) is 22.5. The molecule has 5 heterocycles. The number of pyridine rings is 2. The number of halogens is 3. The van der Waals surface area contributed by atoms with E-state index >= 15 is 0 Å². The molecule has 1 N–H and O–H groups in total. The van der Waals surface area contributed by atoms with Gasteiger partial charge in [-0.1, -0.05) is 17.7 Å². The van der Waals surface area contributed by atoms with E-state index in [1.807, 2.05) is 41.4 Å². The molecule has 4 aromatic rings. The summed E-state index contributed by atoms with van der Waals surface area (Å²) in [6, 6.07) is 7.74. The fourth-order valence-electron chi connectivity index (χ4n) is 4.30. The summed E-state index contributed by atoms with van der Waals surface area (Å²) in [5.74, 6) is -1.52. The molecular formula is C24H17ClF2N6. The number of benzene rings is 1. The maximum atomic E-state index is 14.5. The Bertz CT molecular complexity index is 1490. The first-order valence-corrected chi connectivity index (χ1v) is 10.9. The third-order valence-electron chi connectivity index (χ3n) is 5.93. The second-order valence-corrected chi connectivity index (χ2v) is 8.32. The molecule has 0 amide bonds. The molecule has 6 rings (SSSR count). The lowest BCUT2D eigenvalue weighted by Gasteiger charge is -2.16. The third-order valence-corrected chi connectivity index (χ3v) is 6.22. The Morgan fingerprint density at radius 1 is 1.00 bits per heavy atom. The monoisotopic (exact) mass is 462 g/mol. The second-order valence-electron chi connectivity index (χ2n) is 7.92. The summed E-state index contributed by atoms with van der Waals surface area (Å²) in [6.07, 6.45) is 5.56. The molecule has 3 aromatic heterocycles. The van der Waals surface area contributed by atoms with Crippen molar-refractivity contribution in [2.24, 2.45) is 4.99 Å². The average molecular weight is 463 g/mol. The molecular weight excluding hydrogens is 446 g/mol. The zero-order valence-corrected chi connectivity index (χ0v) is 18.1. The van der Waals surface area contributed by atoms with Gasteiger partial charge < -0.3 is 5.32 Å². The van der Waals surface area contributed by atoms with Crippen LogP contribution in [0.2, 0.25) is 5.02 Å². The van der Waals surface area contributed by atoms with Crippen LogP contribution in [-0.4, -0.2) is 38.5 Å². The number of nitrogens with zero attached hydrogens (tertiary/aromatic N) is 5. The van der Waals surface area contributed by atoms with Gasteiger partial charge in [0.15, 0.2) is 0 Å². The lowest BCUT2D eigenvalue weighted by Crippen LogP contribution is -2.28. The largest absolute Gasteiger partial charge is 0.309 e. The van der Waals surface area contributed by atoms with Crippen molar-refractivity contribution < 1.29 is 8.78 Å². The van der Waals surface area contributed by atoms with Crippen LogP contribution in [-0.2, 0) is 13.1 Å². The van der Waals surface area contributed by atoms with Crippen LogP contribution in [0.1, 0.15) is 17.0 Å². The van der Waals surface area contributed by atoms with Crippen molar-refractivity contribution >= 4 is 33.9 Å². The smallest absolute Gasteiger partial charge is 0.144 e. The Labute approximate surface area is 192 Å². The number of aromatic nitrogens is 4. The minimum absolute atomic E-state index is 0.151. The van der Waals surface area contributed by atoms with E-state index in [-0.39, 0.29) is 10.6 Å². The highest BCUT2D eigenvalue weighted by Crippen LogP contribution is 2.30. The van der Waals surface area contributed by atoms with E-state index in [4.69, 9.17) is 16.6 Å². The number of nitrogens with one attached hydrogen (secondary N) is 1. The van der Waals surface area contributed by atoms with Crippen molar-refractivity contribution in [3.63, 3.8) is 0 Å². The molecule has 164 valence electrons. The standard InChI is InChI=1S/C24H17ClF2N6/c25-17-8-15(18(26)9-19(17)27)24-14(3-4-29-24)20-1-2-21-22(32-20)7-13(10-30-21)16-11-31-33-6-5-28-12-23(16)33/h1-3,7-11,28H,4-6,12H2. The molecule has 0 spiro atoms. The number of fused-ring (bicyclic) bond motifs is 2. The van der Waals surface area contributed by atoms with E-state index in [9.17, 15) is 8.78 Å². The average Bonchev–Trinajstić information content (AvgIpc) is 3.48. The van der Waals surface area contributed by atoms with Crippen molar-refractivity contribution in [2.45, 2.75) is 13.1 Å². The summed E-state index contributed by atoms with van der Waals surface area (Å²) in [6.45, 7) is 2.86. The van der Waals surface area contributed by atoms with Crippen molar-refractivity contribution in [2.75, 3.05) is 13.1 Å². The highest BCUT2D eigenvalue weighted by atomic mass is 35.5.